The number of thiazole rings is 1. The van der Waals surface area contributed by atoms with Crippen LogP contribution in [0, 0.1) is 5.92 Å². The van der Waals surface area contributed by atoms with Gasteiger partial charge in [-0.2, -0.15) is 0 Å². The molecule has 0 aliphatic carbocycles. The van der Waals surface area contributed by atoms with Crippen LogP contribution in [-0.4, -0.2) is 42.2 Å². The number of hydrogen-bond donors (Lipinski definition) is 2. The maximum atomic E-state index is 12.5. The molecule has 0 atom stereocenters. The number of nitrogens with zero attached hydrogens (tertiary/aromatic N) is 2. The molecule has 2 N–H and O–H groups in total. The second-order valence-electron chi connectivity index (χ2n) is 6.56. The van der Waals surface area contributed by atoms with Crippen molar-refractivity contribution < 1.29 is 19.4 Å². The number of thiophene rings is 1. The Hall–Kier alpha value is -2.65. The molecule has 7 nitrogen and oxygen atoms in total. The highest BCUT2D eigenvalue weighted by molar-refractivity contribution is 7.29. The second-order valence-corrected chi connectivity index (χ2v) is 8.60. The van der Waals surface area contributed by atoms with Gasteiger partial charge >= 0.3 is 5.97 Å². The Morgan fingerprint density at radius 2 is 1.93 bits per heavy atom. The third-order valence-electron chi connectivity index (χ3n) is 4.76. The Balaban J connectivity index is 1.43. The SMILES string of the molecule is COc1ccc(NC(=O)c2cc3sc(N4CCC(C(=O)O)CC4)nc3s2)cc1. The number of rotatable bonds is 5. The van der Waals surface area contributed by atoms with Gasteiger partial charge in [0.25, 0.3) is 5.91 Å². The summed E-state index contributed by atoms with van der Waals surface area (Å²) in [5.41, 5.74) is 0.706. The molecular formula is C19H19N3O4S2. The van der Waals surface area contributed by atoms with E-state index in [-0.39, 0.29) is 11.8 Å². The van der Waals surface area contributed by atoms with Crippen molar-refractivity contribution in [2.75, 3.05) is 30.4 Å². The summed E-state index contributed by atoms with van der Waals surface area (Å²) in [6.07, 6.45) is 1.27. The van der Waals surface area contributed by atoms with Gasteiger partial charge in [0.2, 0.25) is 0 Å². The smallest absolute Gasteiger partial charge is 0.306 e. The number of methoxy groups -OCH3 is 1. The molecule has 3 heterocycles. The molecule has 2 aromatic heterocycles. The predicted molar refractivity (Wildman–Crippen MR) is 111 cm³/mol. The van der Waals surface area contributed by atoms with E-state index < -0.39 is 5.97 Å². The van der Waals surface area contributed by atoms with E-state index in [4.69, 9.17) is 9.84 Å². The number of aliphatic carboxylic acids is 1. The summed E-state index contributed by atoms with van der Waals surface area (Å²) >= 11 is 2.91. The number of carbonyl (C=O) groups excluding carboxylic acids is 1. The average molecular weight is 418 g/mol. The number of nitrogens with one attached hydrogen (secondary N) is 1. The average Bonchev–Trinajstić information content (AvgIpc) is 3.28. The second kappa shape index (κ2) is 7.76. The first-order chi connectivity index (χ1) is 13.5. The van der Waals surface area contributed by atoms with Crippen molar-refractivity contribution in [2.45, 2.75) is 12.8 Å². The lowest BCUT2D eigenvalue weighted by atomic mass is 9.98. The van der Waals surface area contributed by atoms with Crippen LogP contribution in [0.15, 0.2) is 30.3 Å². The number of carbonyl (C=O) groups is 2. The molecule has 1 aromatic carbocycles. The number of fused-ring (bicyclic) bond motifs is 1. The van der Waals surface area contributed by atoms with E-state index in [0.29, 0.717) is 36.5 Å². The predicted octanol–water partition coefficient (Wildman–Crippen LogP) is 3.92. The maximum Gasteiger partial charge on any atom is 0.306 e. The number of anilines is 2. The van der Waals surface area contributed by atoms with Gasteiger partial charge in [0, 0.05) is 18.8 Å². The lowest BCUT2D eigenvalue weighted by Gasteiger charge is -2.29. The number of carboxylic acid groups (broad SMARTS) is 1. The molecule has 28 heavy (non-hydrogen) atoms. The zero-order chi connectivity index (χ0) is 19.7. The van der Waals surface area contributed by atoms with E-state index in [1.54, 1.807) is 42.7 Å². The molecular weight excluding hydrogens is 398 g/mol. The molecule has 1 saturated heterocycles. The highest BCUT2D eigenvalue weighted by Crippen LogP contribution is 2.36. The van der Waals surface area contributed by atoms with Crippen LogP contribution in [0.3, 0.4) is 0 Å². The Morgan fingerprint density at radius 1 is 1.21 bits per heavy atom. The number of piperidine rings is 1. The van der Waals surface area contributed by atoms with Crippen LogP contribution in [0.25, 0.3) is 9.53 Å². The zero-order valence-corrected chi connectivity index (χ0v) is 16.8. The first-order valence-corrected chi connectivity index (χ1v) is 10.5. The van der Waals surface area contributed by atoms with E-state index in [2.05, 4.69) is 15.2 Å². The van der Waals surface area contributed by atoms with Crippen LogP contribution in [0.2, 0.25) is 0 Å². The van der Waals surface area contributed by atoms with Crippen LogP contribution in [0.4, 0.5) is 10.8 Å². The van der Waals surface area contributed by atoms with E-state index in [9.17, 15) is 9.59 Å². The summed E-state index contributed by atoms with van der Waals surface area (Å²) in [6.45, 7) is 1.39. The van der Waals surface area contributed by atoms with Crippen molar-refractivity contribution in [2.24, 2.45) is 5.92 Å². The third-order valence-corrected chi connectivity index (χ3v) is 6.98. The summed E-state index contributed by atoms with van der Waals surface area (Å²) in [5, 5.41) is 12.9. The minimum atomic E-state index is -0.715. The maximum absolute atomic E-state index is 12.5. The Kier molecular flexibility index (Phi) is 5.19. The fourth-order valence-electron chi connectivity index (χ4n) is 3.16. The van der Waals surface area contributed by atoms with Gasteiger partial charge in [0.1, 0.15) is 10.6 Å². The third kappa shape index (κ3) is 3.81. The summed E-state index contributed by atoms with van der Waals surface area (Å²) in [7, 11) is 1.60. The molecule has 0 unspecified atom stereocenters. The molecule has 1 fully saturated rings. The Morgan fingerprint density at radius 3 is 2.54 bits per heavy atom. The topological polar surface area (TPSA) is 91.8 Å². The van der Waals surface area contributed by atoms with Gasteiger partial charge in [-0.15, -0.1) is 11.3 Å². The van der Waals surface area contributed by atoms with Crippen molar-refractivity contribution in [3.05, 3.63) is 35.2 Å². The van der Waals surface area contributed by atoms with Crippen molar-refractivity contribution in [1.82, 2.24) is 4.98 Å². The Labute approximate surface area is 169 Å². The van der Waals surface area contributed by atoms with Crippen molar-refractivity contribution in [3.8, 4) is 5.75 Å². The largest absolute Gasteiger partial charge is 0.497 e. The van der Waals surface area contributed by atoms with Crippen LogP contribution in [0.5, 0.6) is 5.75 Å². The molecule has 1 amide bonds. The minimum Gasteiger partial charge on any atom is -0.497 e. The first-order valence-electron chi connectivity index (χ1n) is 8.87. The number of aromatic nitrogens is 1. The number of amides is 1. The highest BCUT2D eigenvalue weighted by atomic mass is 32.1. The van der Waals surface area contributed by atoms with E-state index >= 15 is 0 Å². The molecule has 146 valence electrons. The van der Waals surface area contributed by atoms with Gasteiger partial charge in [0.05, 0.1) is 22.6 Å². The standard InChI is InChI=1S/C19H19N3O4S2/c1-26-13-4-2-12(3-5-13)20-16(23)14-10-15-17(27-14)21-19(28-15)22-8-6-11(7-9-22)18(24)25/h2-5,10-11H,6-9H2,1H3,(H,20,23)(H,24,25). The first kappa shape index (κ1) is 18.7. The van der Waals surface area contributed by atoms with Gasteiger partial charge in [-0.25, -0.2) is 4.98 Å². The minimum absolute atomic E-state index is 0.163. The summed E-state index contributed by atoms with van der Waals surface area (Å²) in [5.74, 6) is -0.402. The Bertz CT molecular complexity index is 973. The van der Waals surface area contributed by atoms with Crippen LogP contribution in [-0.2, 0) is 4.79 Å². The molecule has 1 aliphatic heterocycles. The van der Waals surface area contributed by atoms with E-state index in [1.165, 1.54) is 11.3 Å². The van der Waals surface area contributed by atoms with Gasteiger partial charge in [-0.1, -0.05) is 11.3 Å². The molecule has 0 spiro atoms. The lowest BCUT2D eigenvalue weighted by molar-refractivity contribution is -0.142. The van der Waals surface area contributed by atoms with E-state index in [1.807, 2.05) is 6.07 Å². The number of benzene rings is 1. The van der Waals surface area contributed by atoms with Crippen LogP contribution < -0.4 is 15.0 Å². The highest BCUT2D eigenvalue weighted by Gasteiger charge is 2.26. The summed E-state index contributed by atoms with van der Waals surface area (Å²) in [4.78, 5) is 31.8. The van der Waals surface area contributed by atoms with Gasteiger partial charge in [0.15, 0.2) is 5.13 Å². The van der Waals surface area contributed by atoms with Gasteiger partial charge in [-0.05, 0) is 43.2 Å². The number of carboxylic acids is 1. The zero-order valence-electron chi connectivity index (χ0n) is 15.2. The summed E-state index contributed by atoms with van der Waals surface area (Å²) < 4.78 is 6.09. The summed E-state index contributed by atoms with van der Waals surface area (Å²) in [6, 6.07) is 9.05. The molecule has 4 rings (SSSR count). The molecule has 0 bridgehead atoms. The van der Waals surface area contributed by atoms with Crippen LogP contribution in [0.1, 0.15) is 22.5 Å². The molecule has 3 aromatic rings. The van der Waals surface area contributed by atoms with Crippen LogP contribution >= 0.6 is 22.7 Å². The molecule has 1 aliphatic rings. The molecule has 9 heteroatoms. The van der Waals surface area contributed by atoms with Crippen molar-refractivity contribution in [1.29, 1.82) is 0 Å². The van der Waals surface area contributed by atoms with Gasteiger partial charge < -0.3 is 20.1 Å². The fraction of sp³-hybridized carbons (Fsp3) is 0.316. The quantitative estimate of drug-likeness (QED) is 0.654. The monoisotopic (exact) mass is 417 g/mol. The number of hydrogen-bond acceptors (Lipinski definition) is 7. The number of ether oxygens (including phenoxy) is 1. The molecule has 0 saturated carbocycles. The van der Waals surface area contributed by atoms with Crippen molar-refractivity contribution in [3.63, 3.8) is 0 Å². The van der Waals surface area contributed by atoms with Gasteiger partial charge in [-0.3, -0.25) is 9.59 Å². The van der Waals surface area contributed by atoms with Crippen molar-refractivity contribution >= 4 is 54.9 Å². The lowest BCUT2D eigenvalue weighted by Crippen LogP contribution is -2.36. The normalized spacial score (nSPS) is 15.0. The van der Waals surface area contributed by atoms with E-state index in [0.717, 1.165) is 20.4 Å². The fourth-order valence-corrected chi connectivity index (χ4v) is 5.31. The molecule has 0 radical (unpaired) electrons.